The van der Waals surface area contributed by atoms with Gasteiger partial charge in [-0.1, -0.05) is 6.92 Å². The quantitative estimate of drug-likeness (QED) is 0.650. The number of ether oxygens (including phenoxy) is 1. The molecule has 0 radical (unpaired) electrons. The van der Waals surface area contributed by atoms with Crippen molar-refractivity contribution in [1.82, 2.24) is 4.57 Å². The number of aromatic nitrogens is 1. The summed E-state index contributed by atoms with van der Waals surface area (Å²) in [6, 6.07) is 2.55. The number of methoxy groups -OCH3 is 1. The first-order valence-electron chi connectivity index (χ1n) is 3.99. The van der Waals surface area contributed by atoms with E-state index in [1.54, 1.807) is 7.11 Å². The summed E-state index contributed by atoms with van der Waals surface area (Å²) >= 11 is 0. The Labute approximate surface area is 67.8 Å². The highest BCUT2D eigenvalue weighted by molar-refractivity contribution is 5.17. The molecule has 0 aromatic carbocycles. The van der Waals surface area contributed by atoms with E-state index < -0.39 is 0 Å². The van der Waals surface area contributed by atoms with Crippen molar-refractivity contribution in [1.29, 1.82) is 0 Å². The van der Waals surface area contributed by atoms with E-state index in [4.69, 9.17) is 4.74 Å². The van der Waals surface area contributed by atoms with Crippen LogP contribution in [0.5, 0.6) is 5.75 Å². The van der Waals surface area contributed by atoms with Gasteiger partial charge in [0.2, 0.25) is 0 Å². The number of nitrogens with zero attached hydrogens (tertiary/aromatic N) is 1. The standard InChI is InChI=1S/C9H15NO/c1-4-8(2)10-6-5-9(7-10)11-3/h5-8H,4H2,1-3H3. The molecule has 0 aliphatic carbocycles. The summed E-state index contributed by atoms with van der Waals surface area (Å²) in [6.45, 7) is 4.37. The number of hydrogen-bond donors (Lipinski definition) is 0. The topological polar surface area (TPSA) is 14.2 Å². The molecule has 2 heteroatoms. The van der Waals surface area contributed by atoms with Crippen molar-refractivity contribution in [2.75, 3.05) is 7.11 Å². The average Bonchev–Trinajstić information content (AvgIpc) is 2.50. The fraction of sp³-hybridized carbons (Fsp3) is 0.556. The molecular weight excluding hydrogens is 138 g/mol. The van der Waals surface area contributed by atoms with Gasteiger partial charge in [-0.2, -0.15) is 0 Å². The van der Waals surface area contributed by atoms with E-state index >= 15 is 0 Å². The van der Waals surface area contributed by atoms with E-state index in [2.05, 4.69) is 18.4 Å². The molecule has 0 saturated carbocycles. The van der Waals surface area contributed by atoms with Crippen LogP contribution in [0.4, 0.5) is 0 Å². The Morgan fingerprint density at radius 3 is 2.82 bits per heavy atom. The Kier molecular flexibility index (Phi) is 2.58. The first kappa shape index (κ1) is 8.18. The van der Waals surface area contributed by atoms with Gasteiger partial charge in [0.05, 0.1) is 7.11 Å². The lowest BCUT2D eigenvalue weighted by Crippen LogP contribution is -1.99. The molecule has 0 N–H and O–H groups in total. The average molecular weight is 153 g/mol. The van der Waals surface area contributed by atoms with Gasteiger partial charge in [0.25, 0.3) is 0 Å². The van der Waals surface area contributed by atoms with Crippen molar-refractivity contribution >= 4 is 0 Å². The van der Waals surface area contributed by atoms with Crippen LogP contribution < -0.4 is 4.74 Å². The lowest BCUT2D eigenvalue weighted by molar-refractivity contribution is 0.411. The van der Waals surface area contributed by atoms with Crippen molar-refractivity contribution in [3.05, 3.63) is 18.5 Å². The fourth-order valence-electron chi connectivity index (χ4n) is 0.998. The number of rotatable bonds is 3. The van der Waals surface area contributed by atoms with E-state index in [0.717, 1.165) is 12.2 Å². The molecule has 1 aromatic rings. The molecular formula is C9H15NO. The van der Waals surface area contributed by atoms with Crippen LogP contribution in [0.15, 0.2) is 18.5 Å². The molecule has 11 heavy (non-hydrogen) atoms. The van der Waals surface area contributed by atoms with Gasteiger partial charge in [0, 0.05) is 18.4 Å². The summed E-state index contributed by atoms with van der Waals surface area (Å²) < 4.78 is 7.23. The second-order valence-electron chi connectivity index (χ2n) is 2.76. The van der Waals surface area contributed by atoms with Gasteiger partial charge in [-0.05, 0) is 19.4 Å². The highest BCUT2D eigenvalue weighted by atomic mass is 16.5. The van der Waals surface area contributed by atoms with Gasteiger partial charge in [-0.3, -0.25) is 0 Å². The summed E-state index contributed by atoms with van der Waals surface area (Å²) in [6.07, 6.45) is 5.22. The monoisotopic (exact) mass is 153 g/mol. The van der Waals surface area contributed by atoms with Crippen LogP contribution in [0.3, 0.4) is 0 Å². The first-order chi connectivity index (χ1) is 5.27. The lowest BCUT2D eigenvalue weighted by atomic mass is 10.3. The molecule has 0 amide bonds. The SMILES string of the molecule is CCC(C)n1ccc(OC)c1. The fourth-order valence-corrected chi connectivity index (χ4v) is 0.998. The maximum atomic E-state index is 5.07. The van der Waals surface area contributed by atoms with Gasteiger partial charge in [0.15, 0.2) is 0 Å². The normalized spacial score (nSPS) is 13.0. The zero-order valence-electron chi connectivity index (χ0n) is 7.37. The van der Waals surface area contributed by atoms with E-state index in [1.165, 1.54) is 0 Å². The highest BCUT2D eigenvalue weighted by Gasteiger charge is 2.01. The summed E-state index contributed by atoms with van der Waals surface area (Å²) in [5.74, 6) is 0.935. The van der Waals surface area contributed by atoms with Gasteiger partial charge in [-0.15, -0.1) is 0 Å². The third kappa shape index (κ3) is 1.76. The Bertz CT molecular complexity index is 217. The molecule has 0 spiro atoms. The van der Waals surface area contributed by atoms with E-state index in [9.17, 15) is 0 Å². The third-order valence-corrected chi connectivity index (χ3v) is 2.02. The maximum Gasteiger partial charge on any atom is 0.136 e. The Balaban J connectivity index is 2.71. The molecule has 2 nitrogen and oxygen atoms in total. The second kappa shape index (κ2) is 3.46. The van der Waals surface area contributed by atoms with E-state index in [1.807, 2.05) is 18.5 Å². The van der Waals surface area contributed by atoms with Crippen LogP contribution in [-0.2, 0) is 0 Å². The van der Waals surface area contributed by atoms with Crippen LogP contribution in [0.2, 0.25) is 0 Å². The largest absolute Gasteiger partial charge is 0.495 e. The minimum absolute atomic E-state index is 0.568. The summed E-state index contributed by atoms with van der Waals surface area (Å²) in [5.41, 5.74) is 0. The Hall–Kier alpha value is -0.920. The van der Waals surface area contributed by atoms with Crippen LogP contribution in [-0.4, -0.2) is 11.7 Å². The minimum Gasteiger partial charge on any atom is -0.495 e. The summed E-state index contributed by atoms with van der Waals surface area (Å²) in [4.78, 5) is 0. The molecule has 62 valence electrons. The molecule has 0 aliphatic heterocycles. The molecule has 1 unspecified atom stereocenters. The highest BCUT2D eigenvalue weighted by Crippen LogP contribution is 2.16. The molecule has 0 saturated heterocycles. The minimum atomic E-state index is 0.568. The molecule has 0 bridgehead atoms. The van der Waals surface area contributed by atoms with Gasteiger partial charge >= 0.3 is 0 Å². The van der Waals surface area contributed by atoms with E-state index in [-0.39, 0.29) is 0 Å². The van der Waals surface area contributed by atoms with Gasteiger partial charge < -0.3 is 9.30 Å². The van der Waals surface area contributed by atoms with Crippen molar-refractivity contribution in [3.63, 3.8) is 0 Å². The smallest absolute Gasteiger partial charge is 0.136 e. The molecule has 0 aliphatic rings. The Morgan fingerprint density at radius 2 is 2.36 bits per heavy atom. The molecule has 1 aromatic heterocycles. The lowest BCUT2D eigenvalue weighted by Gasteiger charge is -2.09. The predicted octanol–water partition coefficient (Wildman–Crippen LogP) is 2.47. The summed E-state index contributed by atoms with van der Waals surface area (Å²) in [5, 5.41) is 0. The van der Waals surface area contributed by atoms with Crippen LogP contribution in [0, 0.1) is 0 Å². The molecule has 1 atom stereocenters. The van der Waals surface area contributed by atoms with Crippen LogP contribution in [0.25, 0.3) is 0 Å². The first-order valence-corrected chi connectivity index (χ1v) is 3.99. The predicted molar refractivity (Wildman–Crippen MR) is 46.0 cm³/mol. The number of hydrogen-bond acceptors (Lipinski definition) is 1. The zero-order chi connectivity index (χ0) is 8.27. The van der Waals surface area contributed by atoms with Crippen molar-refractivity contribution in [3.8, 4) is 5.75 Å². The van der Waals surface area contributed by atoms with Crippen LogP contribution >= 0.6 is 0 Å². The van der Waals surface area contributed by atoms with Crippen LogP contribution in [0.1, 0.15) is 26.3 Å². The van der Waals surface area contributed by atoms with E-state index in [0.29, 0.717) is 6.04 Å². The Morgan fingerprint density at radius 1 is 1.64 bits per heavy atom. The van der Waals surface area contributed by atoms with Crippen molar-refractivity contribution < 1.29 is 4.74 Å². The second-order valence-corrected chi connectivity index (χ2v) is 2.76. The maximum absolute atomic E-state index is 5.07. The van der Waals surface area contributed by atoms with Gasteiger partial charge in [-0.25, -0.2) is 0 Å². The molecule has 0 fully saturated rings. The third-order valence-electron chi connectivity index (χ3n) is 2.02. The molecule has 1 heterocycles. The van der Waals surface area contributed by atoms with Crippen molar-refractivity contribution in [2.24, 2.45) is 0 Å². The zero-order valence-corrected chi connectivity index (χ0v) is 7.37. The summed E-state index contributed by atoms with van der Waals surface area (Å²) in [7, 11) is 1.69. The van der Waals surface area contributed by atoms with Crippen molar-refractivity contribution in [2.45, 2.75) is 26.3 Å². The molecule has 1 rings (SSSR count). The van der Waals surface area contributed by atoms with Gasteiger partial charge in [0.1, 0.15) is 5.75 Å².